The fourth-order valence-corrected chi connectivity index (χ4v) is 0.694. The van der Waals surface area contributed by atoms with Crippen molar-refractivity contribution >= 4 is 6.21 Å². The third-order valence-corrected chi connectivity index (χ3v) is 1.50. The van der Waals surface area contributed by atoms with Crippen LogP contribution in [-0.2, 0) is 0 Å². The lowest BCUT2D eigenvalue weighted by Gasteiger charge is -2.23. The van der Waals surface area contributed by atoms with Gasteiger partial charge in [0.05, 0.1) is 12.8 Å². The monoisotopic (exact) mass is 195 g/mol. The normalized spacial score (nSPS) is 21.3. The maximum absolute atomic E-state index is 9.05. The first-order chi connectivity index (χ1) is 6.04. The Morgan fingerprint density at radius 3 is 2.00 bits per heavy atom. The highest BCUT2D eigenvalue weighted by Gasteiger charge is 2.29. The maximum Gasteiger partial charge on any atom is 0.121 e. The maximum atomic E-state index is 9.05. The highest BCUT2D eigenvalue weighted by atomic mass is 16.4. The molecule has 0 rings (SSSR count). The predicted octanol–water partition coefficient (Wildman–Crippen LogP) is -3.12. The number of nitrogens with zero attached hydrogens (tertiary/aromatic N) is 1. The fraction of sp³-hybridized carbons (Fsp3) is 0.833. The van der Waals surface area contributed by atoms with Crippen LogP contribution in [0.3, 0.4) is 0 Å². The number of aliphatic hydroxyl groups is 5. The molecule has 0 aromatic carbocycles. The van der Waals surface area contributed by atoms with E-state index in [2.05, 4.69) is 5.16 Å². The molecule has 6 N–H and O–H groups in total. The summed E-state index contributed by atoms with van der Waals surface area (Å²) in [7, 11) is 0. The molecule has 0 aromatic heterocycles. The molecule has 0 saturated heterocycles. The summed E-state index contributed by atoms with van der Waals surface area (Å²) in [6.45, 7) is -0.749. The number of oxime groups is 1. The van der Waals surface area contributed by atoms with Crippen LogP contribution in [0.2, 0.25) is 0 Å². The lowest BCUT2D eigenvalue weighted by Crippen LogP contribution is -2.46. The van der Waals surface area contributed by atoms with Crippen molar-refractivity contribution in [2.75, 3.05) is 6.61 Å². The van der Waals surface area contributed by atoms with Crippen LogP contribution in [0, 0.1) is 0 Å². The van der Waals surface area contributed by atoms with Crippen LogP contribution in [-0.4, -0.2) is 68.0 Å². The minimum absolute atomic E-state index is 0.581. The van der Waals surface area contributed by atoms with Crippen molar-refractivity contribution in [1.82, 2.24) is 0 Å². The minimum Gasteiger partial charge on any atom is -0.411 e. The highest BCUT2D eigenvalue weighted by molar-refractivity contribution is 5.62. The molecule has 7 nitrogen and oxygen atoms in total. The first-order valence-corrected chi connectivity index (χ1v) is 3.55. The summed E-state index contributed by atoms with van der Waals surface area (Å²) < 4.78 is 0. The molecule has 4 atom stereocenters. The Kier molecular flexibility index (Phi) is 5.51. The second-order valence-electron chi connectivity index (χ2n) is 2.49. The zero-order valence-electron chi connectivity index (χ0n) is 6.72. The largest absolute Gasteiger partial charge is 0.411 e. The van der Waals surface area contributed by atoms with Crippen LogP contribution >= 0.6 is 0 Å². The van der Waals surface area contributed by atoms with Gasteiger partial charge in [0.25, 0.3) is 0 Å². The van der Waals surface area contributed by atoms with Gasteiger partial charge >= 0.3 is 0 Å². The van der Waals surface area contributed by atoms with Crippen molar-refractivity contribution in [2.24, 2.45) is 5.16 Å². The third kappa shape index (κ3) is 3.66. The molecule has 78 valence electrons. The summed E-state index contributed by atoms with van der Waals surface area (Å²) in [4.78, 5) is 0. The molecule has 0 fully saturated rings. The Morgan fingerprint density at radius 2 is 1.62 bits per heavy atom. The van der Waals surface area contributed by atoms with Crippen molar-refractivity contribution in [3.8, 4) is 0 Å². The van der Waals surface area contributed by atoms with Gasteiger partial charge in [0, 0.05) is 0 Å². The van der Waals surface area contributed by atoms with Crippen LogP contribution in [0.15, 0.2) is 5.16 Å². The van der Waals surface area contributed by atoms with Crippen LogP contribution < -0.4 is 0 Å². The molecule has 13 heavy (non-hydrogen) atoms. The van der Waals surface area contributed by atoms with Gasteiger partial charge in [-0.25, -0.2) is 0 Å². The summed E-state index contributed by atoms with van der Waals surface area (Å²) in [6, 6.07) is 0. The van der Waals surface area contributed by atoms with Crippen molar-refractivity contribution in [3.63, 3.8) is 0 Å². The smallest absolute Gasteiger partial charge is 0.121 e. The average molecular weight is 195 g/mol. The summed E-state index contributed by atoms with van der Waals surface area (Å²) >= 11 is 0. The Balaban J connectivity index is 4.15. The molecule has 0 bridgehead atoms. The molecule has 0 aromatic rings. The van der Waals surface area contributed by atoms with Crippen molar-refractivity contribution < 1.29 is 30.7 Å². The van der Waals surface area contributed by atoms with E-state index in [9.17, 15) is 0 Å². The van der Waals surface area contributed by atoms with Crippen molar-refractivity contribution in [2.45, 2.75) is 24.4 Å². The van der Waals surface area contributed by atoms with Gasteiger partial charge in [-0.1, -0.05) is 5.16 Å². The molecule has 0 saturated carbocycles. The first-order valence-electron chi connectivity index (χ1n) is 3.55. The van der Waals surface area contributed by atoms with Gasteiger partial charge in [0.2, 0.25) is 0 Å². The first kappa shape index (κ1) is 12.3. The zero-order valence-corrected chi connectivity index (χ0v) is 6.72. The van der Waals surface area contributed by atoms with E-state index in [0.29, 0.717) is 6.21 Å². The Morgan fingerprint density at radius 1 is 1.08 bits per heavy atom. The fourth-order valence-electron chi connectivity index (χ4n) is 0.694. The van der Waals surface area contributed by atoms with Gasteiger partial charge in [-0.3, -0.25) is 0 Å². The Bertz CT molecular complexity index is 163. The second kappa shape index (κ2) is 5.84. The quantitative estimate of drug-likeness (QED) is 0.156. The molecule has 0 spiro atoms. The molecule has 0 aliphatic heterocycles. The summed E-state index contributed by atoms with van der Waals surface area (Å²) in [5, 5.41) is 54.6. The molecule has 7 heteroatoms. The van der Waals surface area contributed by atoms with E-state index < -0.39 is 31.0 Å². The molecule has 0 radical (unpaired) electrons. The number of hydrogen-bond acceptors (Lipinski definition) is 7. The third-order valence-electron chi connectivity index (χ3n) is 1.50. The molecule has 0 amide bonds. The van der Waals surface area contributed by atoms with E-state index in [0.717, 1.165) is 0 Å². The van der Waals surface area contributed by atoms with Gasteiger partial charge in [0.1, 0.15) is 24.4 Å². The topological polar surface area (TPSA) is 134 Å². The van der Waals surface area contributed by atoms with E-state index in [1.807, 2.05) is 0 Å². The lowest BCUT2D eigenvalue weighted by molar-refractivity contribution is -0.100. The second-order valence-corrected chi connectivity index (χ2v) is 2.49. The van der Waals surface area contributed by atoms with Gasteiger partial charge < -0.3 is 30.7 Å². The van der Waals surface area contributed by atoms with Crippen LogP contribution in [0.5, 0.6) is 0 Å². The van der Waals surface area contributed by atoms with E-state index in [-0.39, 0.29) is 0 Å². The average Bonchev–Trinajstić information content (AvgIpc) is 2.14. The van der Waals surface area contributed by atoms with E-state index in [1.54, 1.807) is 0 Å². The summed E-state index contributed by atoms with van der Waals surface area (Å²) in [6.07, 6.45) is -6.02. The zero-order chi connectivity index (χ0) is 10.4. The predicted molar refractivity (Wildman–Crippen MR) is 41.4 cm³/mol. The van der Waals surface area contributed by atoms with Gasteiger partial charge in [-0.05, 0) is 0 Å². The van der Waals surface area contributed by atoms with E-state index in [1.165, 1.54) is 0 Å². The molecule has 0 aliphatic carbocycles. The lowest BCUT2D eigenvalue weighted by atomic mass is 10.0. The van der Waals surface area contributed by atoms with Crippen LogP contribution in [0.4, 0.5) is 0 Å². The molecule has 0 unspecified atom stereocenters. The molecule has 0 heterocycles. The number of aliphatic hydroxyl groups excluding tert-OH is 5. The van der Waals surface area contributed by atoms with Gasteiger partial charge in [-0.2, -0.15) is 0 Å². The standard InChI is InChI=1S/C6H13NO6/c8-2-4(10)6(12)5(11)3(9)1-7-13/h1,3-6,8-13H,2H2/b7-1+/t3-,4+,5+,6+/m0/s1. The Hall–Kier alpha value is -0.730. The van der Waals surface area contributed by atoms with Crippen molar-refractivity contribution in [1.29, 1.82) is 0 Å². The molecular formula is C6H13NO6. The Labute approximate surface area is 74.2 Å². The number of rotatable bonds is 5. The summed E-state index contributed by atoms with van der Waals surface area (Å²) in [5.74, 6) is 0. The van der Waals surface area contributed by atoms with Crippen LogP contribution in [0.1, 0.15) is 0 Å². The highest BCUT2D eigenvalue weighted by Crippen LogP contribution is 2.03. The van der Waals surface area contributed by atoms with E-state index in [4.69, 9.17) is 30.7 Å². The minimum atomic E-state index is -1.72. The van der Waals surface area contributed by atoms with Gasteiger partial charge in [0.15, 0.2) is 0 Å². The SMILES string of the molecule is OC[C@@H](O)[C@@H](O)[C@H](O)[C@@H](O)/C=N/O. The van der Waals surface area contributed by atoms with Crippen molar-refractivity contribution in [3.05, 3.63) is 0 Å². The molecular weight excluding hydrogens is 182 g/mol. The van der Waals surface area contributed by atoms with Crippen LogP contribution in [0.25, 0.3) is 0 Å². The summed E-state index contributed by atoms with van der Waals surface area (Å²) in [5.41, 5.74) is 0. The molecule has 0 aliphatic rings. The van der Waals surface area contributed by atoms with Gasteiger partial charge in [-0.15, -0.1) is 0 Å². The number of hydrogen-bond donors (Lipinski definition) is 6. The van der Waals surface area contributed by atoms with E-state index >= 15 is 0 Å².